The number of hydrogen-bond acceptors (Lipinski definition) is 2. The molecule has 0 amide bonds. The van der Waals surface area contributed by atoms with Crippen LogP contribution >= 0.6 is 24.8 Å². The molecular formula is C12H19Cl2FN2. The molecule has 0 radical (unpaired) electrons. The summed E-state index contributed by atoms with van der Waals surface area (Å²) in [6, 6.07) is 7.30. The summed E-state index contributed by atoms with van der Waals surface area (Å²) in [5, 5.41) is 6.78. The van der Waals surface area contributed by atoms with Gasteiger partial charge in [0.1, 0.15) is 5.82 Å². The summed E-state index contributed by atoms with van der Waals surface area (Å²) in [6.45, 7) is 2.90. The summed E-state index contributed by atoms with van der Waals surface area (Å²) in [7, 11) is 0. The van der Waals surface area contributed by atoms with Crippen molar-refractivity contribution in [2.45, 2.75) is 25.4 Å². The van der Waals surface area contributed by atoms with Crippen molar-refractivity contribution < 1.29 is 4.39 Å². The average Bonchev–Trinajstić information content (AvgIpc) is 2.28. The molecule has 2 N–H and O–H groups in total. The standard InChI is InChI=1S/C12H17FN2.2ClH/c13-11-4-1-3-10(7-11)8-15-12-5-2-6-14-9-12;;/h1,3-4,7,12,14-15H,2,5-6,8-9H2;2*1H. The van der Waals surface area contributed by atoms with Crippen molar-refractivity contribution in [3.05, 3.63) is 35.6 Å². The molecular weight excluding hydrogens is 262 g/mol. The second-order valence-electron chi connectivity index (χ2n) is 4.05. The molecule has 0 aromatic heterocycles. The lowest BCUT2D eigenvalue weighted by Gasteiger charge is -2.23. The van der Waals surface area contributed by atoms with Gasteiger partial charge >= 0.3 is 0 Å². The minimum atomic E-state index is -0.156. The number of piperidine rings is 1. The Morgan fingerprint density at radius 2 is 2.18 bits per heavy atom. The fourth-order valence-corrected chi connectivity index (χ4v) is 1.94. The van der Waals surface area contributed by atoms with E-state index in [0.29, 0.717) is 6.04 Å². The molecule has 17 heavy (non-hydrogen) atoms. The molecule has 2 rings (SSSR count). The number of nitrogens with one attached hydrogen (secondary N) is 2. The van der Waals surface area contributed by atoms with Crippen LogP contribution in [0.2, 0.25) is 0 Å². The normalized spacial score (nSPS) is 19.0. The van der Waals surface area contributed by atoms with Crippen molar-refractivity contribution in [2.24, 2.45) is 0 Å². The number of benzene rings is 1. The summed E-state index contributed by atoms with van der Waals surface area (Å²) < 4.78 is 12.9. The Morgan fingerprint density at radius 3 is 2.82 bits per heavy atom. The molecule has 0 aliphatic carbocycles. The van der Waals surface area contributed by atoms with E-state index in [9.17, 15) is 4.39 Å². The van der Waals surface area contributed by atoms with E-state index in [1.807, 2.05) is 6.07 Å². The van der Waals surface area contributed by atoms with Crippen LogP contribution in [0.15, 0.2) is 24.3 Å². The van der Waals surface area contributed by atoms with E-state index < -0.39 is 0 Å². The van der Waals surface area contributed by atoms with Gasteiger partial charge in [0.15, 0.2) is 0 Å². The Labute approximate surface area is 114 Å². The molecule has 0 spiro atoms. The highest BCUT2D eigenvalue weighted by molar-refractivity contribution is 5.85. The van der Waals surface area contributed by atoms with E-state index >= 15 is 0 Å². The lowest BCUT2D eigenvalue weighted by atomic mass is 10.1. The molecule has 1 unspecified atom stereocenters. The van der Waals surface area contributed by atoms with Crippen LogP contribution in [0.3, 0.4) is 0 Å². The highest BCUT2D eigenvalue weighted by Crippen LogP contribution is 2.06. The summed E-state index contributed by atoms with van der Waals surface area (Å²) in [4.78, 5) is 0. The fourth-order valence-electron chi connectivity index (χ4n) is 1.94. The molecule has 1 aliphatic rings. The Bertz CT molecular complexity index is 317. The van der Waals surface area contributed by atoms with Gasteiger partial charge in [-0.25, -0.2) is 4.39 Å². The maximum Gasteiger partial charge on any atom is 0.123 e. The number of halogens is 3. The van der Waals surface area contributed by atoms with Crippen molar-refractivity contribution >= 4 is 24.8 Å². The van der Waals surface area contributed by atoms with Gasteiger partial charge in [-0.1, -0.05) is 12.1 Å². The number of rotatable bonds is 3. The molecule has 1 atom stereocenters. The SMILES string of the molecule is Cl.Cl.Fc1cccc(CNC2CCCNC2)c1. The van der Waals surface area contributed by atoms with Crippen molar-refractivity contribution in [1.29, 1.82) is 0 Å². The monoisotopic (exact) mass is 280 g/mol. The molecule has 5 heteroatoms. The molecule has 1 fully saturated rings. The van der Waals surface area contributed by atoms with Gasteiger partial charge in [-0.15, -0.1) is 24.8 Å². The highest BCUT2D eigenvalue weighted by Gasteiger charge is 2.11. The zero-order valence-electron chi connectivity index (χ0n) is 9.62. The molecule has 1 aromatic rings. The van der Waals surface area contributed by atoms with Gasteiger partial charge in [-0.3, -0.25) is 0 Å². The second kappa shape index (κ2) is 8.70. The van der Waals surface area contributed by atoms with Crippen LogP contribution in [0.25, 0.3) is 0 Å². The second-order valence-corrected chi connectivity index (χ2v) is 4.05. The van der Waals surface area contributed by atoms with Crippen LogP contribution in [-0.2, 0) is 6.54 Å². The van der Waals surface area contributed by atoms with Crippen molar-refractivity contribution in [2.75, 3.05) is 13.1 Å². The molecule has 0 saturated carbocycles. The number of hydrogen-bond donors (Lipinski definition) is 2. The van der Waals surface area contributed by atoms with Gasteiger partial charge < -0.3 is 10.6 Å². The molecule has 1 aromatic carbocycles. The van der Waals surface area contributed by atoms with Crippen LogP contribution in [0.5, 0.6) is 0 Å². The predicted molar refractivity (Wildman–Crippen MR) is 73.6 cm³/mol. The van der Waals surface area contributed by atoms with Crippen LogP contribution in [0.1, 0.15) is 18.4 Å². The van der Waals surface area contributed by atoms with Crippen LogP contribution < -0.4 is 10.6 Å². The van der Waals surface area contributed by atoms with Crippen LogP contribution in [0.4, 0.5) is 4.39 Å². The molecule has 1 aliphatic heterocycles. The van der Waals surface area contributed by atoms with Gasteiger partial charge in [0.2, 0.25) is 0 Å². The zero-order chi connectivity index (χ0) is 10.5. The average molecular weight is 281 g/mol. The van der Waals surface area contributed by atoms with E-state index in [4.69, 9.17) is 0 Å². The van der Waals surface area contributed by atoms with E-state index in [-0.39, 0.29) is 30.6 Å². The molecule has 98 valence electrons. The predicted octanol–water partition coefficient (Wildman–Crippen LogP) is 2.51. The topological polar surface area (TPSA) is 24.1 Å². The van der Waals surface area contributed by atoms with Gasteiger partial charge in [0.05, 0.1) is 0 Å². The van der Waals surface area contributed by atoms with E-state index in [1.165, 1.54) is 18.9 Å². The first-order valence-electron chi connectivity index (χ1n) is 5.53. The molecule has 1 heterocycles. The van der Waals surface area contributed by atoms with Gasteiger partial charge in [-0.05, 0) is 37.1 Å². The van der Waals surface area contributed by atoms with Crippen LogP contribution in [-0.4, -0.2) is 19.1 Å². The zero-order valence-corrected chi connectivity index (χ0v) is 11.2. The van der Waals surface area contributed by atoms with E-state index in [1.54, 1.807) is 12.1 Å². The lowest BCUT2D eigenvalue weighted by Crippen LogP contribution is -2.42. The summed E-state index contributed by atoms with van der Waals surface area (Å²) in [5.41, 5.74) is 1.01. The van der Waals surface area contributed by atoms with Crippen molar-refractivity contribution in [3.8, 4) is 0 Å². The summed E-state index contributed by atoms with van der Waals surface area (Å²) >= 11 is 0. The largest absolute Gasteiger partial charge is 0.315 e. The third kappa shape index (κ3) is 5.68. The Balaban J connectivity index is 0.00000128. The minimum absolute atomic E-state index is 0. The van der Waals surface area contributed by atoms with Gasteiger partial charge in [-0.2, -0.15) is 0 Å². The summed E-state index contributed by atoms with van der Waals surface area (Å²) in [5.74, 6) is -0.156. The Morgan fingerprint density at radius 1 is 1.35 bits per heavy atom. The quantitative estimate of drug-likeness (QED) is 0.889. The van der Waals surface area contributed by atoms with Crippen molar-refractivity contribution in [1.82, 2.24) is 10.6 Å². The van der Waals surface area contributed by atoms with E-state index in [2.05, 4.69) is 10.6 Å². The third-order valence-electron chi connectivity index (χ3n) is 2.78. The third-order valence-corrected chi connectivity index (χ3v) is 2.78. The minimum Gasteiger partial charge on any atom is -0.315 e. The maximum atomic E-state index is 12.9. The van der Waals surface area contributed by atoms with Crippen molar-refractivity contribution in [3.63, 3.8) is 0 Å². The summed E-state index contributed by atoms with van der Waals surface area (Å²) in [6.07, 6.45) is 2.43. The first-order valence-corrected chi connectivity index (χ1v) is 5.53. The smallest absolute Gasteiger partial charge is 0.123 e. The van der Waals surface area contributed by atoms with Crippen LogP contribution in [0, 0.1) is 5.82 Å². The van der Waals surface area contributed by atoms with Gasteiger partial charge in [0.25, 0.3) is 0 Å². The molecule has 2 nitrogen and oxygen atoms in total. The highest BCUT2D eigenvalue weighted by atomic mass is 35.5. The van der Waals surface area contributed by atoms with E-state index in [0.717, 1.165) is 25.2 Å². The first-order chi connectivity index (χ1) is 7.34. The molecule has 0 bridgehead atoms. The molecule has 1 saturated heterocycles. The first kappa shape index (κ1) is 16.6. The lowest BCUT2D eigenvalue weighted by molar-refractivity contribution is 0.389. The fraction of sp³-hybridized carbons (Fsp3) is 0.500. The maximum absolute atomic E-state index is 12.9. The Kier molecular flexibility index (Phi) is 8.52. The Hall–Kier alpha value is -0.350. The van der Waals surface area contributed by atoms with Gasteiger partial charge in [0, 0.05) is 19.1 Å².